The van der Waals surface area contributed by atoms with E-state index in [0.717, 1.165) is 12.8 Å². The normalized spacial score (nSPS) is 19.8. The van der Waals surface area contributed by atoms with Crippen molar-refractivity contribution in [2.24, 2.45) is 5.92 Å². The highest BCUT2D eigenvalue weighted by Gasteiger charge is 2.26. The summed E-state index contributed by atoms with van der Waals surface area (Å²) in [6, 6.07) is -0.361. The molecule has 0 saturated carbocycles. The molecule has 1 aliphatic heterocycles. The van der Waals surface area contributed by atoms with E-state index in [1.54, 1.807) is 10.9 Å². The average molecular weight is 330 g/mol. The zero-order valence-corrected chi connectivity index (χ0v) is 13.6. The summed E-state index contributed by atoms with van der Waals surface area (Å²) in [5.41, 5.74) is 0. The Hall–Kier alpha value is -1.68. The van der Waals surface area contributed by atoms with Gasteiger partial charge in [0.15, 0.2) is 5.82 Å². The van der Waals surface area contributed by atoms with Crippen molar-refractivity contribution in [2.45, 2.75) is 26.3 Å². The van der Waals surface area contributed by atoms with E-state index in [2.05, 4.69) is 20.9 Å². The second kappa shape index (κ2) is 7.05. The maximum absolute atomic E-state index is 11.8. The summed E-state index contributed by atoms with van der Waals surface area (Å²) in [6.45, 7) is 4.04. The summed E-state index contributed by atoms with van der Waals surface area (Å²) in [4.78, 5) is 11.8. The van der Waals surface area contributed by atoms with Crippen LogP contribution in [0.3, 0.4) is 0 Å². The monoisotopic (exact) mass is 330 g/mol. The number of sulfonamides is 1. The molecule has 0 bridgehead atoms. The number of rotatable bonds is 5. The number of urea groups is 1. The van der Waals surface area contributed by atoms with E-state index in [0.29, 0.717) is 32.0 Å². The molecule has 0 radical (unpaired) electrons. The van der Waals surface area contributed by atoms with Gasteiger partial charge in [0, 0.05) is 26.2 Å². The lowest BCUT2D eigenvalue weighted by molar-refractivity contribution is 0.239. The summed E-state index contributed by atoms with van der Waals surface area (Å²) in [5, 5.41) is 13.0. The number of nitrogens with zero attached hydrogens (tertiary/aromatic N) is 4. The molecule has 2 amide bonds. The minimum atomic E-state index is -3.16. The number of anilines is 1. The largest absolute Gasteiger partial charge is 0.338 e. The Balaban J connectivity index is 1.78. The zero-order chi connectivity index (χ0) is 16.2. The van der Waals surface area contributed by atoms with E-state index in [1.165, 1.54) is 10.6 Å². The smallest absolute Gasteiger partial charge is 0.320 e. The molecule has 0 unspecified atom stereocenters. The van der Waals surface area contributed by atoms with Crippen molar-refractivity contribution in [1.29, 1.82) is 0 Å². The van der Waals surface area contributed by atoms with Gasteiger partial charge in [-0.15, -0.1) is 5.10 Å². The van der Waals surface area contributed by atoms with Crippen molar-refractivity contribution >= 4 is 21.9 Å². The highest BCUT2D eigenvalue weighted by Crippen LogP contribution is 2.17. The quantitative estimate of drug-likeness (QED) is 0.795. The van der Waals surface area contributed by atoms with Crippen LogP contribution in [0.15, 0.2) is 6.20 Å². The van der Waals surface area contributed by atoms with Crippen LogP contribution in [-0.2, 0) is 16.6 Å². The number of hydrogen-bond donors (Lipinski definition) is 2. The average Bonchev–Trinajstić information content (AvgIpc) is 2.92. The molecule has 2 heterocycles. The number of piperidine rings is 1. The van der Waals surface area contributed by atoms with Gasteiger partial charge in [0.2, 0.25) is 10.0 Å². The number of aromatic nitrogens is 3. The van der Waals surface area contributed by atoms with Gasteiger partial charge < -0.3 is 5.32 Å². The SMILES string of the molecule is CCn1cc(NC(=O)NC[C@@H]2CCCN(S(C)(=O)=O)C2)nn1. The lowest BCUT2D eigenvalue weighted by Gasteiger charge is -2.30. The van der Waals surface area contributed by atoms with Gasteiger partial charge in [0.25, 0.3) is 0 Å². The van der Waals surface area contributed by atoms with Crippen molar-refractivity contribution in [3.63, 3.8) is 0 Å². The summed E-state index contributed by atoms with van der Waals surface area (Å²) in [6.07, 6.45) is 4.57. The Kier molecular flexibility index (Phi) is 5.35. The molecule has 22 heavy (non-hydrogen) atoms. The number of hydrogen-bond acceptors (Lipinski definition) is 5. The molecule has 2 N–H and O–H groups in total. The maximum atomic E-state index is 11.8. The Bertz CT molecular complexity index is 614. The Labute approximate surface area is 130 Å². The van der Waals surface area contributed by atoms with Crippen molar-refractivity contribution < 1.29 is 13.2 Å². The lowest BCUT2D eigenvalue weighted by Crippen LogP contribution is -2.43. The predicted octanol–water partition coefficient (Wildman–Crippen LogP) is 0.0911. The molecule has 0 aromatic carbocycles. The standard InChI is InChI=1S/C12H22N6O3S/c1-3-17-9-11(15-16-17)14-12(19)13-7-10-5-4-6-18(8-10)22(2,20)21/h9-10H,3-8H2,1-2H3,(H2,13,14,19)/t10-/m0/s1. The van der Waals surface area contributed by atoms with Gasteiger partial charge in [-0.05, 0) is 25.7 Å². The van der Waals surface area contributed by atoms with E-state index >= 15 is 0 Å². The molecule has 1 saturated heterocycles. The highest BCUT2D eigenvalue weighted by molar-refractivity contribution is 7.88. The highest BCUT2D eigenvalue weighted by atomic mass is 32.2. The Morgan fingerprint density at radius 3 is 2.91 bits per heavy atom. The fourth-order valence-corrected chi connectivity index (χ4v) is 3.34. The van der Waals surface area contributed by atoms with E-state index in [9.17, 15) is 13.2 Å². The molecular formula is C12H22N6O3S. The van der Waals surface area contributed by atoms with Crippen LogP contribution in [0.1, 0.15) is 19.8 Å². The molecular weight excluding hydrogens is 308 g/mol. The topological polar surface area (TPSA) is 109 Å². The second-order valence-electron chi connectivity index (χ2n) is 5.42. The van der Waals surface area contributed by atoms with Gasteiger partial charge in [0.1, 0.15) is 0 Å². The first-order valence-electron chi connectivity index (χ1n) is 7.28. The number of amides is 2. The van der Waals surface area contributed by atoms with Gasteiger partial charge >= 0.3 is 6.03 Å². The zero-order valence-electron chi connectivity index (χ0n) is 12.8. The number of aryl methyl sites for hydroxylation is 1. The number of carbonyl (C=O) groups excluding carboxylic acids is 1. The van der Waals surface area contributed by atoms with Crippen molar-refractivity contribution in [1.82, 2.24) is 24.6 Å². The van der Waals surface area contributed by atoms with Crippen LogP contribution in [0.5, 0.6) is 0 Å². The van der Waals surface area contributed by atoms with Gasteiger partial charge in [0.05, 0.1) is 12.5 Å². The fraction of sp³-hybridized carbons (Fsp3) is 0.750. The van der Waals surface area contributed by atoms with Crippen LogP contribution >= 0.6 is 0 Å². The van der Waals surface area contributed by atoms with Crippen LogP contribution in [0.2, 0.25) is 0 Å². The summed E-state index contributed by atoms with van der Waals surface area (Å²) in [7, 11) is -3.16. The number of nitrogens with one attached hydrogen (secondary N) is 2. The van der Waals surface area contributed by atoms with E-state index < -0.39 is 10.0 Å². The molecule has 10 heteroatoms. The number of carbonyl (C=O) groups is 1. The molecule has 1 atom stereocenters. The molecule has 1 aromatic rings. The Morgan fingerprint density at radius 2 is 2.27 bits per heavy atom. The maximum Gasteiger partial charge on any atom is 0.320 e. The molecule has 2 rings (SSSR count). The molecule has 1 aliphatic rings. The first-order chi connectivity index (χ1) is 10.4. The molecule has 124 valence electrons. The molecule has 1 fully saturated rings. The Morgan fingerprint density at radius 1 is 1.50 bits per heavy atom. The second-order valence-corrected chi connectivity index (χ2v) is 7.41. The van der Waals surface area contributed by atoms with Crippen LogP contribution in [0.4, 0.5) is 10.6 Å². The third kappa shape index (κ3) is 4.67. The lowest BCUT2D eigenvalue weighted by atomic mass is 10.00. The van der Waals surface area contributed by atoms with Gasteiger partial charge in [-0.2, -0.15) is 0 Å². The molecule has 9 nitrogen and oxygen atoms in total. The first-order valence-corrected chi connectivity index (χ1v) is 9.13. The van der Waals surface area contributed by atoms with Crippen LogP contribution in [-0.4, -0.2) is 59.6 Å². The summed E-state index contributed by atoms with van der Waals surface area (Å²) < 4.78 is 26.2. The van der Waals surface area contributed by atoms with Crippen LogP contribution in [0, 0.1) is 5.92 Å². The van der Waals surface area contributed by atoms with E-state index in [4.69, 9.17) is 0 Å². The van der Waals surface area contributed by atoms with Crippen molar-refractivity contribution in [3.05, 3.63) is 6.20 Å². The van der Waals surface area contributed by atoms with Crippen molar-refractivity contribution in [2.75, 3.05) is 31.2 Å². The third-order valence-electron chi connectivity index (χ3n) is 3.61. The summed E-state index contributed by atoms with van der Waals surface area (Å²) in [5.74, 6) is 0.515. The minimum Gasteiger partial charge on any atom is -0.338 e. The molecule has 0 aliphatic carbocycles. The van der Waals surface area contributed by atoms with Gasteiger partial charge in [-0.1, -0.05) is 5.21 Å². The van der Waals surface area contributed by atoms with Crippen LogP contribution < -0.4 is 10.6 Å². The molecule has 1 aromatic heterocycles. The van der Waals surface area contributed by atoms with Crippen molar-refractivity contribution in [3.8, 4) is 0 Å². The fourth-order valence-electron chi connectivity index (χ4n) is 2.40. The van der Waals surface area contributed by atoms with E-state index in [1.807, 2.05) is 6.92 Å². The van der Waals surface area contributed by atoms with Gasteiger partial charge in [-0.3, -0.25) is 10.00 Å². The predicted molar refractivity (Wildman–Crippen MR) is 81.9 cm³/mol. The summed E-state index contributed by atoms with van der Waals surface area (Å²) >= 11 is 0. The van der Waals surface area contributed by atoms with Gasteiger partial charge in [-0.25, -0.2) is 17.5 Å². The van der Waals surface area contributed by atoms with Crippen LogP contribution in [0.25, 0.3) is 0 Å². The minimum absolute atomic E-state index is 0.126. The van der Waals surface area contributed by atoms with E-state index in [-0.39, 0.29) is 11.9 Å². The molecule has 0 spiro atoms. The first kappa shape index (κ1) is 16.7. The third-order valence-corrected chi connectivity index (χ3v) is 4.88.